The van der Waals surface area contributed by atoms with Gasteiger partial charge >= 0.3 is 0 Å². The predicted molar refractivity (Wildman–Crippen MR) is 49.9 cm³/mol. The van der Waals surface area contributed by atoms with Crippen LogP contribution in [-0.4, -0.2) is 12.6 Å². The van der Waals surface area contributed by atoms with Gasteiger partial charge in [0.2, 0.25) is 0 Å². The quantitative estimate of drug-likeness (QED) is 0.601. The second kappa shape index (κ2) is 3.61. The monoisotopic (exact) mass is 260 g/mol. The molecule has 0 aromatic heterocycles. The van der Waals surface area contributed by atoms with Gasteiger partial charge in [0.25, 0.3) is 0 Å². The first-order chi connectivity index (χ1) is 5.27. The van der Waals surface area contributed by atoms with Crippen molar-refractivity contribution in [3.05, 3.63) is 32.9 Å². The van der Waals surface area contributed by atoms with Crippen LogP contribution in [0.1, 0.15) is 20.7 Å². The fourth-order valence-electron chi connectivity index (χ4n) is 0.712. The zero-order valence-corrected chi connectivity index (χ0v) is 7.74. The Morgan fingerprint density at radius 2 is 1.91 bits per heavy atom. The summed E-state index contributed by atoms with van der Waals surface area (Å²) in [6, 6.07) is 4.94. The van der Waals surface area contributed by atoms with Crippen molar-refractivity contribution in [2.24, 2.45) is 0 Å². The van der Waals surface area contributed by atoms with Crippen LogP contribution in [0.15, 0.2) is 18.2 Å². The molecule has 0 saturated carbocycles. The number of aldehydes is 2. The minimum Gasteiger partial charge on any atom is -0.298 e. The second-order valence-electron chi connectivity index (χ2n) is 2.02. The molecule has 0 unspecified atom stereocenters. The maximum Gasteiger partial charge on any atom is 0.151 e. The molecule has 0 saturated heterocycles. The third kappa shape index (κ3) is 1.86. The van der Waals surface area contributed by atoms with Gasteiger partial charge in [-0.05, 0) is 34.7 Å². The Morgan fingerprint density at radius 3 is 2.36 bits per heavy atom. The van der Waals surface area contributed by atoms with Gasteiger partial charge in [-0.3, -0.25) is 9.59 Å². The van der Waals surface area contributed by atoms with Crippen LogP contribution in [0.5, 0.6) is 0 Å². The van der Waals surface area contributed by atoms with Crippen LogP contribution in [-0.2, 0) is 0 Å². The molecular formula is C8H5IO2. The first-order valence-corrected chi connectivity index (χ1v) is 4.05. The molecule has 0 radical (unpaired) electrons. The molecule has 0 atom stereocenters. The largest absolute Gasteiger partial charge is 0.298 e. The summed E-state index contributed by atoms with van der Waals surface area (Å²) in [6.45, 7) is 0. The highest BCUT2D eigenvalue weighted by atomic mass is 127. The highest BCUT2D eigenvalue weighted by molar-refractivity contribution is 14.1. The van der Waals surface area contributed by atoms with Gasteiger partial charge in [0.15, 0.2) is 6.29 Å². The molecule has 1 aromatic rings. The average molecular weight is 260 g/mol. The van der Waals surface area contributed by atoms with E-state index in [1.807, 2.05) is 22.6 Å². The Kier molecular flexibility index (Phi) is 2.76. The molecule has 1 rings (SSSR count). The van der Waals surface area contributed by atoms with E-state index in [-0.39, 0.29) is 0 Å². The summed E-state index contributed by atoms with van der Waals surface area (Å²) in [7, 11) is 0. The van der Waals surface area contributed by atoms with Gasteiger partial charge in [0.05, 0.1) is 0 Å². The molecular weight excluding hydrogens is 255 g/mol. The number of carbonyl (C=O) groups excluding carboxylic acids is 2. The summed E-state index contributed by atoms with van der Waals surface area (Å²) < 4.78 is 0.808. The molecule has 1 aromatic carbocycles. The molecule has 0 bridgehead atoms. The first kappa shape index (κ1) is 8.39. The van der Waals surface area contributed by atoms with Gasteiger partial charge in [-0.2, -0.15) is 0 Å². The van der Waals surface area contributed by atoms with Gasteiger partial charge in [-0.15, -0.1) is 0 Å². The molecule has 0 fully saturated rings. The third-order valence-electron chi connectivity index (χ3n) is 1.29. The lowest BCUT2D eigenvalue weighted by Gasteiger charge is -1.95. The molecule has 0 aliphatic heterocycles. The van der Waals surface area contributed by atoms with Crippen molar-refractivity contribution in [3.63, 3.8) is 0 Å². The Labute approximate surface area is 77.7 Å². The van der Waals surface area contributed by atoms with Crippen molar-refractivity contribution in [3.8, 4) is 0 Å². The molecule has 11 heavy (non-hydrogen) atoms. The molecule has 2 nitrogen and oxygen atoms in total. The fraction of sp³-hybridized carbons (Fsp3) is 0. The predicted octanol–water partition coefficient (Wildman–Crippen LogP) is 1.92. The van der Waals surface area contributed by atoms with Crippen LogP contribution in [0.2, 0.25) is 0 Å². The summed E-state index contributed by atoms with van der Waals surface area (Å²) in [5, 5.41) is 0. The van der Waals surface area contributed by atoms with Crippen molar-refractivity contribution in [2.45, 2.75) is 0 Å². The van der Waals surface area contributed by atoms with E-state index in [4.69, 9.17) is 0 Å². The van der Waals surface area contributed by atoms with Crippen LogP contribution < -0.4 is 0 Å². The minimum absolute atomic E-state index is 0.597. The number of rotatable bonds is 2. The van der Waals surface area contributed by atoms with E-state index in [1.165, 1.54) is 0 Å². The highest BCUT2D eigenvalue weighted by Crippen LogP contribution is 2.11. The van der Waals surface area contributed by atoms with E-state index < -0.39 is 0 Å². The lowest BCUT2D eigenvalue weighted by atomic mass is 10.2. The number of hydrogen-bond donors (Lipinski definition) is 0. The van der Waals surface area contributed by atoms with Gasteiger partial charge in [0, 0.05) is 14.7 Å². The summed E-state index contributed by atoms with van der Waals surface area (Å²) >= 11 is 2.02. The molecule has 0 aliphatic carbocycles. The SMILES string of the molecule is O=Cc1ccc(C=O)c(I)c1. The third-order valence-corrected chi connectivity index (χ3v) is 2.22. The maximum atomic E-state index is 10.3. The Hall–Kier alpha value is -0.710. The lowest BCUT2D eigenvalue weighted by molar-refractivity contribution is 0.111. The van der Waals surface area contributed by atoms with Gasteiger partial charge < -0.3 is 0 Å². The molecule has 0 amide bonds. The first-order valence-electron chi connectivity index (χ1n) is 2.98. The molecule has 0 spiro atoms. The van der Waals surface area contributed by atoms with Crippen LogP contribution >= 0.6 is 22.6 Å². The number of benzene rings is 1. The Bertz CT molecular complexity index is 294. The Balaban J connectivity index is 3.18. The van der Waals surface area contributed by atoms with E-state index >= 15 is 0 Å². The molecule has 0 heterocycles. The molecule has 0 aliphatic rings. The van der Waals surface area contributed by atoms with Crippen molar-refractivity contribution in [2.75, 3.05) is 0 Å². The average Bonchev–Trinajstić information content (AvgIpc) is 2.04. The molecule has 3 heteroatoms. The summed E-state index contributed by atoms with van der Waals surface area (Å²) in [5.41, 5.74) is 1.22. The van der Waals surface area contributed by atoms with Crippen LogP contribution in [0.3, 0.4) is 0 Å². The zero-order chi connectivity index (χ0) is 8.27. The summed E-state index contributed by atoms with van der Waals surface area (Å²) in [5.74, 6) is 0. The van der Waals surface area contributed by atoms with E-state index in [9.17, 15) is 9.59 Å². The fourth-order valence-corrected chi connectivity index (χ4v) is 1.38. The standard InChI is InChI=1S/C8H5IO2/c9-8-3-6(4-10)1-2-7(8)5-11/h1-5H. The number of halogens is 1. The van der Waals surface area contributed by atoms with E-state index in [0.717, 1.165) is 16.1 Å². The van der Waals surface area contributed by atoms with E-state index in [2.05, 4.69) is 0 Å². The zero-order valence-electron chi connectivity index (χ0n) is 5.58. The van der Waals surface area contributed by atoms with Crippen LogP contribution in [0.4, 0.5) is 0 Å². The summed E-state index contributed by atoms with van der Waals surface area (Å²) in [6.07, 6.45) is 1.53. The normalized spacial score (nSPS) is 9.18. The van der Waals surface area contributed by atoms with Gasteiger partial charge in [-0.1, -0.05) is 6.07 Å². The van der Waals surface area contributed by atoms with Crippen molar-refractivity contribution in [1.29, 1.82) is 0 Å². The number of carbonyl (C=O) groups is 2. The molecule has 0 N–H and O–H groups in total. The minimum atomic E-state index is 0.597. The van der Waals surface area contributed by atoms with Crippen molar-refractivity contribution >= 4 is 35.2 Å². The van der Waals surface area contributed by atoms with Crippen LogP contribution in [0.25, 0.3) is 0 Å². The molecule has 56 valence electrons. The Morgan fingerprint density at radius 1 is 1.18 bits per heavy atom. The topological polar surface area (TPSA) is 34.1 Å². The van der Waals surface area contributed by atoms with Gasteiger partial charge in [-0.25, -0.2) is 0 Å². The lowest BCUT2D eigenvalue weighted by Crippen LogP contribution is -1.88. The van der Waals surface area contributed by atoms with E-state index in [1.54, 1.807) is 18.2 Å². The van der Waals surface area contributed by atoms with Crippen molar-refractivity contribution in [1.82, 2.24) is 0 Å². The van der Waals surface area contributed by atoms with Crippen LogP contribution in [0, 0.1) is 3.57 Å². The highest BCUT2D eigenvalue weighted by Gasteiger charge is 1.97. The second-order valence-corrected chi connectivity index (χ2v) is 3.18. The summed E-state index contributed by atoms with van der Waals surface area (Å²) in [4.78, 5) is 20.6. The number of hydrogen-bond acceptors (Lipinski definition) is 2. The maximum absolute atomic E-state index is 10.3. The van der Waals surface area contributed by atoms with E-state index in [0.29, 0.717) is 11.1 Å². The van der Waals surface area contributed by atoms with Gasteiger partial charge in [0.1, 0.15) is 6.29 Å². The smallest absolute Gasteiger partial charge is 0.151 e. The van der Waals surface area contributed by atoms with Crippen molar-refractivity contribution < 1.29 is 9.59 Å².